The van der Waals surface area contributed by atoms with Crippen molar-refractivity contribution in [1.82, 2.24) is 19.6 Å². The molecule has 9 heteroatoms. The minimum Gasteiger partial charge on any atom is -0.269 e. The molecule has 22 heavy (non-hydrogen) atoms. The molecule has 0 fully saturated rings. The van der Waals surface area contributed by atoms with E-state index < -0.39 is 10.0 Å². The van der Waals surface area contributed by atoms with Crippen LogP contribution in [0.3, 0.4) is 0 Å². The maximum atomic E-state index is 12.9. The zero-order valence-electron chi connectivity index (χ0n) is 12.7. The van der Waals surface area contributed by atoms with Crippen molar-refractivity contribution >= 4 is 27.4 Å². The molecule has 0 amide bonds. The van der Waals surface area contributed by atoms with Gasteiger partial charge < -0.3 is 0 Å². The predicted octanol–water partition coefficient (Wildman–Crippen LogP) is 2.22. The van der Waals surface area contributed by atoms with E-state index in [1.807, 2.05) is 13.8 Å². The van der Waals surface area contributed by atoms with E-state index in [0.717, 1.165) is 0 Å². The standard InChI is InChI=1S/C13H18ClN5O2S/c1-9(2)18-8-11(7-15-18)22(20,21)19-6-4-5-17-13(19)12(14)10(3)16-17/h7-9H,4-6H2,1-3H3. The summed E-state index contributed by atoms with van der Waals surface area (Å²) in [5.74, 6) is 0.447. The Hall–Kier alpha value is -1.54. The second-order valence-corrected chi connectivity index (χ2v) is 7.87. The Kier molecular flexibility index (Phi) is 3.68. The van der Waals surface area contributed by atoms with E-state index in [2.05, 4.69) is 10.2 Å². The van der Waals surface area contributed by atoms with Crippen molar-refractivity contribution in [3.05, 3.63) is 23.1 Å². The normalized spacial score (nSPS) is 15.4. The van der Waals surface area contributed by atoms with Crippen molar-refractivity contribution in [3.8, 4) is 0 Å². The molecule has 3 heterocycles. The van der Waals surface area contributed by atoms with Gasteiger partial charge in [0.2, 0.25) is 0 Å². The fourth-order valence-electron chi connectivity index (χ4n) is 2.51. The molecule has 0 unspecified atom stereocenters. The minimum absolute atomic E-state index is 0.0988. The number of aryl methyl sites for hydroxylation is 2. The van der Waals surface area contributed by atoms with Gasteiger partial charge in [0, 0.05) is 25.3 Å². The molecule has 2 aromatic rings. The van der Waals surface area contributed by atoms with Crippen LogP contribution >= 0.6 is 11.6 Å². The number of hydrogen-bond acceptors (Lipinski definition) is 4. The van der Waals surface area contributed by atoms with Gasteiger partial charge in [-0.1, -0.05) is 11.6 Å². The average molecular weight is 344 g/mol. The highest BCUT2D eigenvalue weighted by Crippen LogP contribution is 2.35. The Morgan fingerprint density at radius 2 is 2.05 bits per heavy atom. The molecule has 0 spiro atoms. The highest BCUT2D eigenvalue weighted by molar-refractivity contribution is 7.92. The first-order valence-corrected chi connectivity index (χ1v) is 8.94. The van der Waals surface area contributed by atoms with Gasteiger partial charge in [-0.15, -0.1) is 0 Å². The summed E-state index contributed by atoms with van der Waals surface area (Å²) in [6, 6.07) is 0.0988. The molecule has 120 valence electrons. The molecule has 2 aromatic heterocycles. The SMILES string of the molecule is Cc1nn2c(c1Cl)N(S(=O)(=O)c1cnn(C(C)C)c1)CCC2. The first-order valence-electron chi connectivity index (χ1n) is 7.12. The molecule has 1 aliphatic rings. The molecule has 0 N–H and O–H groups in total. The molecule has 0 saturated heterocycles. The minimum atomic E-state index is -3.69. The zero-order valence-corrected chi connectivity index (χ0v) is 14.3. The molecular formula is C13H18ClN5O2S. The molecule has 7 nitrogen and oxygen atoms in total. The topological polar surface area (TPSA) is 73.0 Å². The van der Waals surface area contributed by atoms with Crippen LogP contribution in [0.5, 0.6) is 0 Å². The number of halogens is 1. The van der Waals surface area contributed by atoms with Crippen molar-refractivity contribution in [2.75, 3.05) is 10.8 Å². The smallest absolute Gasteiger partial charge is 0.268 e. The van der Waals surface area contributed by atoms with Crippen LogP contribution in [0.2, 0.25) is 5.02 Å². The Morgan fingerprint density at radius 3 is 2.68 bits per heavy atom. The van der Waals surface area contributed by atoms with Gasteiger partial charge in [-0.25, -0.2) is 17.4 Å². The van der Waals surface area contributed by atoms with E-state index in [-0.39, 0.29) is 10.9 Å². The number of fused-ring (bicyclic) bond motifs is 1. The quantitative estimate of drug-likeness (QED) is 0.856. The van der Waals surface area contributed by atoms with Gasteiger partial charge in [0.05, 0.1) is 11.9 Å². The number of aromatic nitrogens is 4. The summed E-state index contributed by atoms with van der Waals surface area (Å²) in [5.41, 5.74) is 0.636. The second kappa shape index (κ2) is 5.27. The molecule has 0 atom stereocenters. The summed E-state index contributed by atoms with van der Waals surface area (Å²) in [6.07, 6.45) is 3.63. The van der Waals surface area contributed by atoms with Gasteiger partial charge in [-0.2, -0.15) is 10.2 Å². The Morgan fingerprint density at radius 1 is 1.32 bits per heavy atom. The maximum absolute atomic E-state index is 12.9. The molecule has 3 rings (SSSR count). The maximum Gasteiger partial charge on any atom is 0.268 e. The van der Waals surface area contributed by atoms with Crippen LogP contribution in [0, 0.1) is 6.92 Å². The largest absolute Gasteiger partial charge is 0.269 e. The predicted molar refractivity (Wildman–Crippen MR) is 83.7 cm³/mol. The van der Waals surface area contributed by atoms with Crippen molar-refractivity contribution < 1.29 is 8.42 Å². The van der Waals surface area contributed by atoms with Gasteiger partial charge in [0.25, 0.3) is 10.0 Å². The molecule has 0 aromatic carbocycles. The van der Waals surface area contributed by atoms with Crippen LogP contribution in [-0.4, -0.2) is 34.5 Å². The number of hydrogen-bond donors (Lipinski definition) is 0. The van der Waals surface area contributed by atoms with Crippen LogP contribution in [0.25, 0.3) is 0 Å². The van der Waals surface area contributed by atoms with E-state index in [4.69, 9.17) is 11.6 Å². The van der Waals surface area contributed by atoms with E-state index in [9.17, 15) is 8.42 Å². The van der Waals surface area contributed by atoms with Crippen molar-refractivity contribution in [1.29, 1.82) is 0 Å². The molecule has 0 bridgehead atoms. The monoisotopic (exact) mass is 343 g/mol. The lowest BCUT2D eigenvalue weighted by molar-refractivity contribution is 0.527. The summed E-state index contributed by atoms with van der Waals surface area (Å²) in [7, 11) is -3.69. The molecular weight excluding hydrogens is 326 g/mol. The number of nitrogens with zero attached hydrogens (tertiary/aromatic N) is 5. The van der Waals surface area contributed by atoms with Crippen LogP contribution in [0.1, 0.15) is 32.0 Å². The Bertz CT molecular complexity index is 809. The fraction of sp³-hybridized carbons (Fsp3) is 0.538. The summed E-state index contributed by atoms with van der Waals surface area (Å²) in [6.45, 7) is 6.72. The highest BCUT2D eigenvalue weighted by Gasteiger charge is 2.34. The first-order chi connectivity index (χ1) is 10.3. The van der Waals surface area contributed by atoms with Crippen LogP contribution < -0.4 is 4.31 Å². The van der Waals surface area contributed by atoms with Gasteiger partial charge in [0.15, 0.2) is 5.82 Å². The lowest BCUT2D eigenvalue weighted by Gasteiger charge is -2.28. The third kappa shape index (κ3) is 2.30. The van der Waals surface area contributed by atoms with Gasteiger partial charge >= 0.3 is 0 Å². The highest BCUT2D eigenvalue weighted by atomic mass is 35.5. The second-order valence-electron chi connectivity index (χ2n) is 5.63. The van der Waals surface area contributed by atoms with Crippen molar-refractivity contribution in [3.63, 3.8) is 0 Å². The summed E-state index contributed by atoms with van der Waals surface area (Å²) < 4.78 is 30.5. The van der Waals surface area contributed by atoms with Gasteiger partial charge in [0.1, 0.15) is 9.92 Å². The lowest BCUT2D eigenvalue weighted by atomic mass is 10.3. The fourth-order valence-corrected chi connectivity index (χ4v) is 4.26. The number of anilines is 1. The Labute approximate surface area is 134 Å². The van der Waals surface area contributed by atoms with E-state index in [0.29, 0.717) is 36.0 Å². The lowest BCUT2D eigenvalue weighted by Crippen LogP contribution is -2.37. The van der Waals surface area contributed by atoms with Crippen LogP contribution in [0.15, 0.2) is 17.3 Å². The van der Waals surface area contributed by atoms with Crippen LogP contribution in [0.4, 0.5) is 5.82 Å². The van der Waals surface area contributed by atoms with E-state index in [1.54, 1.807) is 22.5 Å². The first kappa shape index (κ1) is 15.4. The summed E-state index contributed by atoms with van der Waals surface area (Å²) in [5, 5.41) is 8.80. The molecule has 0 aliphatic carbocycles. The van der Waals surface area contributed by atoms with Gasteiger partial charge in [-0.05, 0) is 27.2 Å². The third-order valence-electron chi connectivity index (χ3n) is 3.69. The number of rotatable bonds is 3. The third-order valence-corrected chi connectivity index (χ3v) is 5.88. The van der Waals surface area contributed by atoms with E-state index >= 15 is 0 Å². The summed E-state index contributed by atoms with van der Waals surface area (Å²) >= 11 is 6.26. The molecule has 0 saturated carbocycles. The molecule has 1 aliphatic heterocycles. The Balaban J connectivity index is 2.07. The van der Waals surface area contributed by atoms with Gasteiger partial charge in [-0.3, -0.25) is 4.68 Å². The zero-order chi connectivity index (χ0) is 16.1. The molecule has 0 radical (unpaired) electrons. The van der Waals surface area contributed by atoms with E-state index in [1.165, 1.54) is 10.5 Å². The number of sulfonamides is 1. The van der Waals surface area contributed by atoms with Crippen molar-refractivity contribution in [2.45, 2.75) is 44.7 Å². The van der Waals surface area contributed by atoms with Crippen molar-refractivity contribution in [2.24, 2.45) is 0 Å². The average Bonchev–Trinajstić information content (AvgIpc) is 3.06. The summed E-state index contributed by atoms with van der Waals surface area (Å²) in [4.78, 5) is 0.171. The van der Waals surface area contributed by atoms with Crippen LogP contribution in [-0.2, 0) is 16.6 Å².